The number of hydrogen-bond donors (Lipinski definition) is 0. The average Bonchev–Trinajstić information content (AvgIpc) is 3.04. The highest BCUT2D eigenvalue weighted by Gasteiger charge is 2.52. The predicted octanol–water partition coefficient (Wildman–Crippen LogP) is 4.60. The highest BCUT2D eigenvalue weighted by molar-refractivity contribution is 5.21. The summed E-state index contributed by atoms with van der Waals surface area (Å²) in [6.07, 6.45) is 1.92. The van der Waals surface area contributed by atoms with Crippen molar-refractivity contribution >= 4 is 0 Å². The zero-order valence-corrected chi connectivity index (χ0v) is 24.9. The molecule has 3 heterocycles. The quantitative estimate of drug-likeness (QED) is 0.413. The third-order valence-electron chi connectivity index (χ3n) is 7.86. The molecule has 0 aromatic heterocycles. The second-order valence-corrected chi connectivity index (χ2v) is 10.9. The Bertz CT molecular complexity index is 998. The van der Waals surface area contributed by atoms with Gasteiger partial charge in [0, 0.05) is 18.7 Å². The molecule has 0 saturated carbocycles. The molecule has 0 spiro atoms. The molecular weight excluding hydrogens is 538 g/mol. The van der Waals surface area contributed by atoms with Crippen molar-refractivity contribution in [3.63, 3.8) is 0 Å². The lowest BCUT2D eigenvalue weighted by molar-refractivity contribution is -0.360. The molecule has 0 N–H and O–H groups in total. The van der Waals surface area contributed by atoms with E-state index in [2.05, 4.69) is 11.8 Å². The lowest BCUT2D eigenvalue weighted by Crippen LogP contribution is -2.64. The molecule has 232 valence electrons. The van der Waals surface area contributed by atoms with Gasteiger partial charge in [-0.1, -0.05) is 74.7 Å². The summed E-state index contributed by atoms with van der Waals surface area (Å²) in [5.41, 5.74) is 0.948. The first-order chi connectivity index (χ1) is 20.8. The summed E-state index contributed by atoms with van der Waals surface area (Å²) >= 11 is 0. The van der Waals surface area contributed by atoms with Crippen LogP contribution in [0.4, 0.5) is 0 Å². The lowest BCUT2D eigenvalue weighted by Gasteiger charge is -2.48. The van der Waals surface area contributed by atoms with E-state index in [1.165, 1.54) is 25.7 Å². The molecule has 5 rings (SSSR count). The molecule has 3 saturated heterocycles. The van der Waals surface area contributed by atoms with Crippen molar-refractivity contribution in [2.75, 3.05) is 65.9 Å². The summed E-state index contributed by atoms with van der Waals surface area (Å²) in [7, 11) is 0. The molecule has 0 amide bonds. The average molecular weight is 586 g/mol. The SMILES string of the molecule is CCCCCCN1CCOCCO[C@@H]2[C@@H](OCCOCC1)[C@H](Oc1ccccc1)O[C@@H]1COC(c3ccccc3)O[C@@H]21. The minimum Gasteiger partial charge on any atom is -0.462 e. The summed E-state index contributed by atoms with van der Waals surface area (Å²) in [4.78, 5) is 2.43. The fraction of sp³-hybridized carbons (Fsp3) is 0.636. The molecule has 3 aliphatic heterocycles. The Labute approximate surface area is 250 Å². The maximum absolute atomic E-state index is 6.52. The van der Waals surface area contributed by atoms with Crippen molar-refractivity contribution in [1.29, 1.82) is 0 Å². The van der Waals surface area contributed by atoms with E-state index in [1.807, 2.05) is 60.7 Å². The van der Waals surface area contributed by atoms with E-state index in [0.717, 1.165) is 25.2 Å². The Morgan fingerprint density at radius 2 is 1.38 bits per heavy atom. The Balaban J connectivity index is 1.28. The van der Waals surface area contributed by atoms with Crippen LogP contribution in [0.2, 0.25) is 0 Å². The molecule has 3 aliphatic rings. The van der Waals surface area contributed by atoms with Gasteiger partial charge in [-0.25, -0.2) is 0 Å². The fourth-order valence-corrected chi connectivity index (χ4v) is 5.60. The number of benzene rings is 2. The van der Waals surface area contributed by atoms with Gasteiger partial charge in [0.25, 0.3) is 0 Å². The van der Waals surface area contributed by atoms with E-state index >= 15 is 0 Å². The minimum atomic E-state index is -0.714. The number of fused-ring (bicyclic) bond motifs is 3. The summed E-state index contributed by atoms with van der Waals surface area (Å²) < 4.78 is 50.4. The van der Waals surface area contributed by atoms with Crippen LogP contribution in [0.3, 0.4) is 0 Å². The maximum atomic E-state index is 6.52. The first-order valence-electron chi connectivity index (χ1n) is 15.6. The number of rotatable bonds is 8. The molecule has 9 nitrogen and oxygen atoms in total. The topological polar surface area (TPSA) is 77.1 Å². The van der Waals surface area contributed by atoms with Crippen molar-refractivity contribution in [3.8, 4) is 5.75 Å². The van der Waals surface area contributed by atoms with Crippen molar-refractivity contribution in [2.45, 2.75) is 69.6 Å². The molecule has 0 bridgehead atoms. The van der Waals surface area contributed by atoms with Crippen molar-refractivity contribution in [3.05, 3.63) is 66.2 Å². The van der Waals surface area contributed by atoms with Crippen LogP contribution in [-0.4, -0.2) is 101 Å². The van der Waals surface area contributed by atoms with Crippen molar-refractivity contribution in [2.24, 2.45) is 0 Å². The standard InChI is InChI=1S/C33H47NO8/c1-2-3-4-11-16-34-17-19-35-21-23-37-30-29-28(25-39-32(42-29)26-12-7-5-8-13-26)41-33(40-27-14-9-6-10-15-27)31(30)38-24-22-36-20-18-34/h5-10,12-15,28-33H,2-4,11,16-25H2,1H3/t28-,29-,30+,31-,32?,33-/m1/s1. The Morgan fingerprint density at radius 3 is 2.10 bits per heavy atom. The van der Waals surface area contributed by atoms with Gasteiger partial charge in [-0.2, -0.15) is 0 Å². The molecule has 3 fully saturated rings. The van der Waals surface area contributed by atoms with Gasteiger partial charge in [-0.3, -0.25) is 4.90 Å². The van der Waals surface area contributed by atoms with Crippen LogP contribution in [0.15, 0.2) is 60.7 Å². The highest BCUT2D eigenvalue weighted by Crippen LogP contribution is 2.37. The number of para-hydroxylation sites is 1. The van der Waals surface area contributed by atoms with Gasteiger partial charge in [0.2, 0.25) is 6.29 Å². The van der Waals surface area contributed by atoms with E-state index in [-0.39, 0.29) is 6.10 Å². The van der Waals surface area contributed by atoms with Crippen molar-refractivity contribution < 1.29 is 37.9 Å². The first-order valence-corrected chi connectivity index (χ1v) is 15.6. The van der Waals surface area contributed by atoms with Crippen LogP contribution in [0.5, 0.6) is 5.75 Å². The maximum Gasteiger partial charge on any atom is 0.229 e. The zero-order valence-electron chi connectivity index (χ0n) is 24.9. The number of hydrogen-bond acceptors (Lipinski definition) is 9. The second-order valence-electron chi connectivity index (χ2n) is 10.9. The van der Waals surface area contributed by atoms with Gasteiger partial charge in [0.15, 0.2) is 6.29 Å². The van der Waals surface area contributed by atoms with E-state index < -0.39 is 30.9 Å². The molecular formula is C33H47NO8. The van der Waals surface area contributed by atoms with Gasteiger partial charge in [0.1, 0.15) is 30.2 Å². The van der Waals surface area contributed by atoms with Gasteiger partial charge in [-0.05, 0) is 25.1 Å². The summed E-state index contributed by atoms with van der Waals surface area (Å²) in [5, 5.41) is 0. The van der Waals surface area contributed by atoms with Crippen LogP contribution < -0.4 is 4.74 Å². The molecule has 2 aromatic rings. The summed E-state index contributed by atoms with van der Waals surface area (Å²) in [6.45, 7) is 8.42. The van der Waals surface area contributed by atoms with Crippen LogP contribution >= 0.6 is 0 Å². The van der Waals surface area contributed by atoms with Gasteiger partial charge >= 0.3 is 0 Å². The van der Waals surface area contributed by atoms with E-state index in [1.54, 1.807) is 0 Å². The van der Waals surface area contributed by atoms with Crippen molar-refractivity contribution in [1.82, 2.24) is 4.90 Å². The largest absolute Gasteiger partial charge is 0.462 e. The Morgan fingerprint density at radius 1 is 0.690 bits per heavy atom. The van der Waals surface area contributed by atoms with Crippen LogP contribution in [0.1, 0.15) is 44.5 Å². The van der Waals surface area contributed by atoms with Gasteiger partial charge < -0.3 is 37.9 Å². The third-order valence-corrected chi connectivity index (χ3v) is 7.86. The zero-order chi connectivity index (χ0) is 28.8. The smallest absolute Gasteiger partial charge is 0.229 e. The minimum absolute atomic E-state index is 0.346. The lowest BCUT2D eigenvalue weighted by atomic mass is 9.97. The third kappa shape index (κ3) is 9.21. The number of nitrogens with zero attached hydrogens (tertiary/aromatic N) is 1. The van der Waals surface area contributed by atoms with Crippen LogP contribution in [-0.2, 0) is 33.2 Å². The molecule has 0 radical (unpaired) electrons. The van der Waals surface area contributed by atoms with E-state index in [4.69, 9.17) is 37.9 Å². The molecule has 2 aromatic carbocycles. The molecule has 6 atom stereocenters. The number of ether oxygens (including phenoxy) is 8. The Hall–Kier alpha value is -2.08. The number of unbranched alkanes of at least 4 members (excludes halogenated alkanes) is 3. The summed E-state index contributed by atoms with van der Waals surface area (Å²) in [6, 6.07) is 19.6. The van der Waals surface area contributed by atoms with E-state index in [9.17, 15) is 0 Å². The second kappa shape index (κ2) is 17.3. The molecule has 9 heteroatoms. The van der Waals surface area contributed by atoms with Gasteiger partial charge in [0.05, 0.1) is 46.2 Å². The highest BCUT2D eigenvalue weighted by atomic mass is 16.8. The molecule has 0 aliphatic carbocycles. The monoisotopic (exact) mass is 585 g/mol. The first kappa shape index (κ1) is 31.3. The van der Waals surface area contributed by atoms with E-state index in [0.29, 0.717) is 52.0 Å². The van der Waals surface area contributed by atoms with Crippen LogP contribution in [0.25, 0.3) is 0 Å². The summed E-state index contributed by atoms with van der Waals surface area (Å²) in [5.74, 6) is 0.692. The van der Waals surface area contributed by atoms with Crippen LogP contribution in [0, 0.1) is 0 Å². The molecule has 1 unspecified atom stereocenters. The molecule has 42 heavy (non-hydrogen) atoms. The predicted molar refractivity (Wildman–Crippen MR) is 157 cm³/mol. The van der Waals surface area contributed by atoms with Gasteiger partial charge in [-0.15, -0.1) is 0 Å². The normalized spacial score (nSPS) is 30.3. The fourth-order valence-electron chi connectivity index (χ4n) is 5.60. The Kier molecular flexibility index (Phi) is 12.9.